The molecule has 3 rings (SSSR count). The van der Waals surface area contributed by atoms with Crippen LogP contribution >= 0.6 is 0 Å². The van der Waals surface area contributed by atoms with Crippen molar-refractivity contribution in [2.75, 3.05) is 19.6 Å². The minimum atomic E-state index is -0.0255. The zero-order chi connectivity index (χ0) is 10.3. The predicted octanol–water partition coefficient (Wildman–Crippen LogP) is 1.88. The van der Waals surface area contributed by atoms with Crippen LogP contribution in [0.15, 0.2) is 0 Å². The highest BCUT2D eigenvalue weighted by molar-refractivity contribution is 4.87. The Kier molecular flexibility index (Phi) is 2.73. The van der Waals surface area contributed by atoms with E-state index in [1.807, 2.05) is 0 Å². The van der Waals surface area contributed by atoms with Gasteiger partial charge in [-0.3, -0.25) is 0 Å². The molecule has 1 N–H and O–H groups in total. The summed E-state index contributed by atoms with van der Waals surface area (Å²) in [4.78, 5) is 2.55. The molecular weight excluding hydrogens is 186 g/mol. The van der Waals surface area contributed by atoms with E-state index >= 15 is 0 Å². The second-order valence-electron chi connectivity index (χ2n) is 6.01. The Hall–Kier alpha value is -0.0800. The molecule has 0 aromatic rings. The molecule has 2 heteroatoms. The van der Waals surface area contributed by atoms with Crippen LogP contribution < -0.4 is 0 Å². The first kappa shape index (κ1) is 10.1. The Morgan fingerprint density at radius 3 is 1.87 bits per heavy atom. The van der Waals surface area contributed by atoms with E-state index in [1.54, 1.807) is 0 Å². The van der Waals surface area contributed by atoms with Crippen molar-refractivity contribution in [3.05, 3.63) is 0 Å². The van der Waals surface area contributed by atoms with Crippen molar-refractivity contribution in [3.8, 4) is 0 Å². The molecule has 0 bridgehead atoms. The van der Waals surface area contributed by atoms with Crippen LogP contribution in [-0.2, 0) is 0 Å². The van der Waals surface area contributed by atoms with Crippen LogP contribution in [0.4, 0.5) is 0 Å². The Balaban J connectivity index is 1.45. The molecule has 0 saturated heterocycles. The third-order valence-electron chi connectivity index (χ3n) is 4.04. The summed E-state index contributed by atoms with van der Waals surface area (Å²) in [5.41, 5.74) is 0. The maximum Gasteiger partial charge on any atom is 0.0695 e. The maximum absolute atomic E-state index is 9.98. The van der Waals surface area contributed by atoms with Gasteiger partial charge in [0, 0.05) is 19.6 Å². The van der Waals surface area contributed by atoms with Gasteiger partial charge < -0.3 is 10.0 Å². The summed E-state index contributed by atoms with van der Waals surface area (Å²) >= 11 is 0. The van der Waals surface area contributed by atoms with Crippen molar-refractivity contribution in [3.63, 3.8) is 0 Å². The first-order chi connectivity index (χ1) is 7.31. The highest BCUT2D eigenvalue weighted by atomic mass is 16.3. The first-order valence-electron chi connectivity index (χ1n) is 6.71. The van der Waals surface area contributed by atoms with E-state index in [2.05, 4.69) is 4.90 Å². The van der Waals surface area contributed by atoms with Crippen LogP contribution in [0.2, 0.25) is 0 Å². The smallest absolute Gasteiger partial charge is 0.0695 e. The molecule has 0 heterocycles. The first-order valence-corrected chi connectivity index (χ1v) is 6.71. The second-order valence-corrected chi connectivity index (χ2v) is 6.01. The van der Waals surface area contributed by atoms with Crippen molar-refractivity contribution < 1.29 is 5.11 Å². The zero-order valence-corrected chi connectivity index (χ0v) is 9.57. The lowest BCUT2D eigenvalue weighted by atomic mass is 10.2. The largest absolute Gasteiger partial charge is 0.392 e. The van der Waals surface area contributed by atoms with E-state index in [-0.39, 0.29) is 6.10 Å². The van der Waals surface area contributed by atoms with Gasteiger partial charge in [-0.05, 0) is 56.3 Å². The quantitative estimate of drug-likeness (QED) is 0.692. The third kappa shape index (κ3) is 3.18. The molecule has 1 atom stereocenters. The molecule has 3 aliphatic rings. The van der Waals surface area contributed by atoms with Crippen LogP contribution in [0.25, 0.3) is 0 Å². The van der Waals surface area contributed by atoms with Crippen LogP contribution in [0, 0.1) is 17.8 Å². The molecule has 0 spiro atoms. The van der Waals surface area contributed by atoms with Crippen LogP contribution in [0.3, 0.4) is 0 Å². The number of hydrogen-bond donors (Lipinski definition) is 1. The normalized spacial score (nSPS) is 28.4. The van der Waals surface area contributed by atoms with Crippen molar-refractivity contribution in [2.24, 2.45) is 17.8 Å². The molecule has 0 aromatic carbocycles. The second kappa shape index (κ2) is 4.06. The fourth-order valence-electron chi connectivity index (χ4n) is 2.45. The van der Waals surface area contributed by atoms with Gasteiger partial charge in [-0.1, -0.05) is 0 Å². The van der Waals surface area contributed by atoms with Crippen molar-refractivity contribution in [2.45, 2.75) is 44.6 Å². The molecule has 3 fully saturated rings. The van der Waals surface area contributed by atoms with Crippen molar-refractivity contribution in [1.82, 2.24) is 4.90 Å². The molecule has 3 aliphatic carbocycles. The van der Waals surface area contributed by atoms with E-state index in [9.17, 15) is 5.11 Å². The number of aliphatic hydroxyl groups excluding tert-OH is 1. The van der Waals surface area contributed by atoms with Gasteiger partial charge in [0.2, 0.25) is 0 Å². The monoisotopic (exact) mass is 209 g/mol. The molecule has 0 radical (unpaired) electrons. The molecule has 86 valence electrons. The molecule has 0 amide bonds. The zero-order valence-electron chi connectivity index (χ0n) is 9.57. The van der Waals surface area contributed by atoms with Gasteiger partial charge in [0.15, 0.2) is 0 Å². The summed E-state index contributed by atoms with van der Waals surface area (Å²) < 4.78 is 0. The lowest BCUT2D eigenvalue weighted by Crippen LogP contribution is -2.36. The Morgan fingerprint density at radius 1 is 0.933 bits per heavy atom. The van der Waals surface area contributed by atoms with Crippen LogP contribution in [0.5, 0.6) is 0 Å². The number of aliphatic hydroxyl groups is 1. The van der Waals surface area contributed by atoms with E-state index in [0.717, 1.165) is 18.4 Å². The van der Waals surface area contributed by atoms with E-state index in [0.29, 0.717) is 5.92 Å². The average Bonchev–Trinajstić information content (AvgIpc) is 3.03. The van der Waals surface area contributed by atoms with Gasteiger partial charge in [0.25, 0.3) is 0 Å². The molecule has 15 heavy (non-hydrogen) atoms. The Labute approximate surface area is 92.7 Å². The highest BCUT2D eigenvalue weighted by Crippen LogP contribution is 2.36. The van der Waals surface area contributed by atoms with Gasteiger partial charge in [-0.2, -0.15) is 0 Å². The van der Waals surface area contributed by atoms with Gasteiger partial charge in [-0.15, -0.1) is 0 Å². The highest BCUT2D eigenvalue weighted by Gasteiger charge is 2.34. The number of nitrogens with zero attached hydrogens (tertiary/aromatic N) is 1. The lowest BCUT2D eigenvalue weighted by Gasteiger charge is -2.25. The number of rotatable bonds is 7. The minimum Gasteiger partial charge on any atom is -0.392 e. The fraction of sp³-hybridized carbons (Fsp3) is 1.00. The Morgan fingerprint density at radius 2 is 1.47 bits per heavy atom. The number of hydrogen-bond acceptors (Lipinski definition) is 2. The summed E-state index contributed by atoms with van der Waals surface area (Å²) in [6.45, 7) is 3.48. The summed E-state index contributed by atoms with van der Waals surface area (Å²) in [5.74, 6) is 2.58. The molecule has 1 unspecified atom stereocenters. The molecule has 2 nitrogen and oxygen atoms in total. The van der Waals surface area contributed by atoms with Crippen molar-refractivity contribution in [1.29, 1.82) is 0 Å². The summed E-state index contributed by atoms with van der Waals surface area (Å²) in [7, 11) is 0. The molecule has 3 saturated carbocycles. The van der Waals surface area contributed by atoms with Crippen molar-refractivity contribution >= 4 is 0 Å². The van der Waals surface area contributed by atoms with E-state index in [4.69, 9.17) is 0 Å². The minimum absolute atomic E-state index is 0.0255. The van der Waals surface area contributed by atoms with E-state index in [1.165, 1.54) is 51.6 Å². The molecular formula is C13H23NO. The van der Waals surface area contributed by atoms with Gasteiger partial charge in [-0.25, -0.2) is 0 Å². The standard InChI is InChI=1S/C13H23NO/c15-13(12-5-6-12)9-14(7-10-1-2-10)8-11-3-4-11/h10-13,15H,1-9H2. The summed E-state index contributed by atoms with van der Waals surface area (Å²) in [5, 5.41) is 9.98. The average molecular weight is 209 g/mol. The predicted molar refractivity (Wildman–Crippen MR) is 60.6 cm³/mol. The van der Waals surface area contributed by atoms with Gasteiger partial charge in [0.1, 0.15) is 0 Å². The van der Waals surface area contributed by atoms with Crippen LogP contribution in [-0.4, -0.2) is 35.7 Å². The summed E-state index contributed by atoms with van der Waals surface area (Å²) in [6, 6.07) is 0. The van der Waals surface area contributed by atoms with E-state index < -0.39 is 0 Å². The molecule has 0 aromatic heterocycles. The topological polar surface area (TPSA) is 23.5 Å². The van der Waals surface area contributed by atoms with Gasteiger partial charge in [0.05, 0.1) is 6.10 Å². The van der Waals surface area contributed by atoms with Gasteiger partial charge >= 0.3 is 0 Å². The Bertz CT molecular complexity index is 205. The lowest BCUT2D eigenvalue weighted by molar-refractivity contribution is 0.0903. The maximum atomic E-state index is 9.98. The third-order valence-corrected chi connectivity index (χ3v) is 4.04. The molecule has 0 aliphatic heterocycles. The SMILES string of the molecule is OC(CN(CC1CC1)CC1CC1)C1CC1. The van der Waals surface area contributed by atoms with Crippen LogP contribution in [0.1, 0.15) is 38.5 Å². The fourth-order valence-corrected chi connectivity index (χ4v) is 2.45. The summed E-state index contributed by atoms with van der Waals surface area (Å²) in [6.07, 6.45) is 8.23.